The molecule has 0 aromatic carbocycles. The third kappa shape index (κ3) is 2.56. The van der Waals surface area contributed by atoms with Crippen LogP contribution in [0.15, 0.2) is 18.5 Å². The van der Waals surface area contributed by atoms with Gasteiger partial charge in [-0.2, -0.15) is 5.10 Å². The maximum absolute atomic E-state index is 11.8. The van der Waals surface area contributed by atoms with Crippen molar-refractivity contribution in [2.75, 3.05) is 19.7 Å². The summed E-state index contributed by atoms with van der Waals surface area (Å²) in [5.74, 6) is 0.105. The SMILES string of the molecule is C[C@@H]1CN(C(=O)Cn2cccn2)CCO1. The van der Waals surface area contributed by atoms with E-state index in [9.17, 15) is 4.79 Å². The number of carbonyl (C=O) groups excluding carboxylic acids is 1. The minimum atomic E-state index is 0.105. The van der Waals surface area contributed by atoms with E-state index < -0.39 is 0 Å². The van der Waals surface area contributed by atoms with Gasteiger partial charge in [-0.15, -0.1) is 0 Å². The van der Waals surface area contributed by atoms with Crippen molar-refractivity contribution in [1.29, 1.82) is 0 Å². The van der Waals surface area contributed by atoms with Gasteiger partial charge in [-0.1, -0.05) is 0 Å². The topological polar surface area (TPSA) is 47.4 Å². The molecule has 2 rings (SSSR count). The predicted octanol–water partition coefficient (Wildman–Crippen LogP) is 0.130. The van der Waals surface area contributed by atoms with Crippen LogP contribution in [0.25, 0.3) is 0 Å². The van der Waals surface area contributed by atoms with Gasteiger partial charge < -0.3 is 9.64 Å². The first-order chi connectivity index (χ1) is 7.25. The molecule has 1 aliphatic heterocycles. The molecule has 2 heterocycles. The third-order valence-electron chi connectivity index (χ3n) is 2.45. The van der Waals surface area contributed by atoms with Gasteiger partial charge >= 0.3 is 0 Å². The second-order valence-corrected chi connectivity index (χ2v) is 3.72. The molecule has 1 saturated heterocycles. The van der Waals surface area contributed by atoms with Crippen LogP contribution in [0.3, 0.4) is 0 Å². The predicted molar refractivity (Wildman–Crippen MR) is 54.2 cm³/mol. The number of nitrogens with zero attached hydrogens (tertiary/aromatic N) is 3. The Morgan fingerprint density at radius 2 is 2.53 bits per heavy atom. The lowest BCUT2D eigenvalue weighted by atomic mass is 10.3. The fourth-order valence-corrected chi connectivity index (χ4v) is 1.68. The molecule has 1 atom stereocenters. The zero-order chi connectivity index (χ0) is 10.7. The molecule has 0 saturated carbocycles. The molecule has 0 aliphatic carbocycles. The van der Waals surface area contributed by atoms with Crippen molar-refractivity contribution in [1.82, 2.24) is 14.7 Å². The van der Waals surface area contributed by atoms with Crippen LogP contribution in [0.2, 0.25) is 0 Å². The highest BCUT2D eigenvalue weighted by molar-refractivity contribution is 5.76. The fourth-order valence-electron chi connectivity index (χ4n) is 1.68. The molecular weight excluding hydrogens is 194 g/mol. The number of amides is 1. The molecular formula is C10H15N3O2. The zero-order valence-electron chi connectivity index (χ0n) is 8.80. The first kappa shape index (κ1) is 10.2. The van der Waals surface area contributed by atoms with E-state index in [4.69, 9.17) is 4.74 Å². The normalized spacial score (nSPS) is 21.7. The molecule has 1 fully saturated rings. The number of ether oxygens (including phenoxy) is 1. The highest BCUT2D eigenvalue weighted by atomic mass is 16.5. The molecule has 5 nitrogen and oxygen atoms in total. The molecule has 0 bridgehead atoms. The third-order valence-corrected chi connectivity index (χ3v) is 2.45. The summed E-state index contributed by atoms with van der Waals surface area (Å²) in [5.41, 5.74) is 0. The summed E-state index contributed by atoms with van der Waals surface area (Å²) < 4.78 is 7.02. The summed E-state index contributed by atoms with van der Waals surface area (Å²) in [7, 11) is 0. The van der Waals surface area contributed by atoms with E-state index >= 15 is 0 Å². The van der Waals surface area contributed by atoms with Crippen LogP contribution in [0, 0.1) is 0 Å². The molecule has 0 radical (unpaired) electrons. The van der Waals surface area contributed by atoms with E-state index in [1.807, 2.05) is 17.9 Å². The van der Waals surface area contributed by atoms with Crippen molar-refractivity contribution >= 4 is 5.91 Å². The van der Waals surface area contributed by atoms with Gasteiger partial charge in [0.1, 0.15) is 6.54 Å². The Bertz CT molecular complexity index is 323. The van der Waals surface area contributed by atoms with Gasteiger partial charge in [-0.3, -0.25) is 9.48 Å². The summed E-state index contributed by atoms with van der Waals surface area (Å²) in [5, 5.41) is 4.01. The van der Waals surface area contributed by atoms with Crippen molar-refractivity contribution in [3.63, 3.8) is 0 Å². The Labute approximate surface area is 88.6 Å². The molecule has 1 amide bonds. The van der Waals surface area contributed by atoms with Crippen molar-refractivity contribution in [3.8, 4) is 0 Å². The van der Waals surface area contributed by atoms with Gasteiger partial charge in [0.15, 0.2) is 0 Å². The Kier molecular flexibility index (Phi) is 3.01. The highest BCUT2D eigenvalue weighted by Gasteiger charge is 2.21. The smallest absolute Gasteiger partial charge is 0.244 e. The largest absolute Gasteiger partial charge is 0.375 e. The minimum Gasteiger partial charge on any atom is -0.375 e. The van der Waals surface area contributed by atoms with Gasteiger partial charge in [0, 0.05) is 25.5 Å². The van der Waals surface area contributed by atoms with E-state index in [2.05, 4.69) is 5.10 Å². The van der Waals surface area contributed by atoms with Gasteiger partial charge in [0.25, 0.3) is 0 Å². The first-order valence-electron chi connectivity index (χ1n) is 5.12. The van der Waals surface area contributed by atoms with E-state index in [1.165, 1.54) is 0 Å². The second kappa shape index (κ2) is 4.44. The quantitative estimate of drug-likeness (QED) is 0.695. The Hall–Kier alpha value is -1.36. The van der Waals surface area contributed by atoms with Crippen LogP contribution in [0.5, 0.6) is 0 Å². The number of rotatable bonds is 2. The van der Waals surface area contributed by atoms with E-state index in [1.54, 1.807) is 17.1 Å². The zero-order valence-corrected chi connectivity index (χ0v) is 8.80. The lowest BCUT2D eigenvalue weighted by Crippen LogP contribution is -2.45. The molecule has 1 aromatic heterocycles. The average Bonchev–Trinajstić information content (AvgIpc) is 2.70. The summed E-state index contributed by atoms with van der Waals surface area (Å²) in [4.78, 5) is 13.6. The van der Waals surface area contributed by atoms with Crippen molar-refractivity contribution in [3.05, 3.63) is 18.5 Å². The number of aromatic nitrogens is 2. The molecule has 1 aliphatic rings. The first-order valence-corrected chi connectivity index (χ1v) is 5.12. The second-order valence-electron chi connectivity index (χ2n) is 3.72. The maximum Gasteiger partial charge on any atom is 0.244 e. The minimum absolute atomic E-state index is 0.105. The monoisotopic (exact) mass is 209 g/mol. The standard InChI is InChI=1S/C10H15N3O2/c1-9-7-12(5-6-15-9)10(14)8-13-4-2-3-11-13/h2-4,9H,5-8H2,1H3/t9-/m1/s1. The Balaban J connectivity index is 1.90. The van der Waals surface area contributed by atoms with Gasteiger partial charge in [0.05, 0.1) is 12.7 Å². The summed E-state index contributed by atoms with van der Waals surface area (Å²) in [6.45, 7) is 4.30. The van der Waals surface area contributed by atoms with Crippen LogP contribution in [-0.4, -0.2) is 46.4 Å². The summed E-state index contributed by atoms with van der Waals surface area (Å²) >= 11 is 0. The number of morpholine rings is 1. The lowest BCUT2D eigenvalue weighted by Gasteiger charge is -2.31. The van der Waals surface area contributed by atoms with E-state index in [-0.39, 0.29) is 12.0 Å². The van der Waals surface area contributed by atoms with Crippen LogP contribution >= 0.6 is 0 Å². The molecule has 0 unspecified atom stereocenters. The van der Waals surface area contributed by atoms with Crippen molar-refractivity contribution in [2.24, 2.45) is 0 Å². The Morgan fingerprint density at radius 1 is 1.67 bits per heavy atom. The Morgan fingerprint density at radius 3 is 3.20 bits per heavy atom. The summed E-state index contributed by atoms with van der Waals surface area (Å²) in [6.07, 6.45) is 3.61. The molecule has 5 heteroatoms. The molecule has 0 spiro atoms. The molecule has 1 aromatic rings. The number of carbonyl (C=O) groups is 1. The van der Waals surface area contributed by atoms with Gasteiger partial charge in [0.2, 0.25) is 5.91 Å². The van der Waals surface area contributed by atoms with Gasteiger partial charge in [-0.05, 0) is 13.0 Å². The van der Waals surface area contributed by atoms with Crippen LogP contribution < -0.4 is 0 Å². The molecule has 82 valence electrons. The van der Waals surface area contributed by atoms with Crippen LogP contribution in [0.4, 0.5) is 0 Å². The molecule has 0 N–H and O–H groups in total. The van der Waals surface area contributed by atoms with Gasteiger partial charge in [-0.25, -0.2) is 0 Å². The van der Waals surface area contributed by atoms with E-state index in [0.29, 0.717) is 26.2 Å². The van der Waals surface area contributed by atoms with Crippen LogP contribution in [-0.2, 0) is 16.1 Å². The summed E-state index contributed by atoms with van der Waals surface area (Å²) in [6, 6.07) is 1.81. The van der Waals surface area contributed by atoms with Crippen molar-refractivity contribution < 1.29 is 9.53 Å². The fraction of sp³-hybridized carbons (Fsp3) is 0.600. The lowest BCUT2D eigenvalue weighted by molar-refractivity contribution is -0.138. The highest BCUT2D eigenvalue weighted by Crippen LogP contribution is 2.05. The van der Waals surface area contributed by atoms with Crippen LogP contribution in [0.1, 0.15) is 6.92 Å². The number of hydrogen-bond donors (Lipinski definition) is 0. The molecule has 15 heavy (non-hydrogen) atoms. The number of hydrogen-bond acceptors (Lipinski definition) is 3. The van der Waals surface area contributed by atoms with Crippen molar-refractivity contribution in [2.45, 2.75) is 19.6 Å². The average molecular weight is 209 g/mol. The van der Waals surface area contributed by atoms with E-state index in [0.717, 1.165) is 0 Å². The maximum atomic E-state index is 11.8.